The molecule has 0 spiro atoms. The average molecular weight is 528 g/mol. The van der Waals surface area contributed by atoms with Crippen LogP contribution in [0.4, 0.5) is 27.6 Å². The molecule has 0 aliphatic carbocycles. The molecule has 192 valence electrons. The summed E-state index contributed by atoms with van der Waals surface area (Å²) in [5.74, 6) is -3.33. The van der Waals surface area contributed by atoms with Crippen LogP contribution < -0.4 is 5.73 Å². The summed E-state index contributed by atoms with van der Waals surface area (Å²) in [5.41, 5.74) is 5.96. The maximum Gasteiger partial charge on any atom is 0.416 e. The molecule has 2 atom stereocenters. The Morgan fingerprint density at radius 1 is 1.28 bits per heavy atom. The van der Waals surface area contributed by atoms with Crippen LogP contribution in [0.25, 0.3) is 0 Å². The number of alkyl halides is 5. The van der Waals surface area contributed by atoms with E-state index in [1.54, 1.807) is 6.07 Å². The van der Waals surface area contributed by atoms with Crippen LogP contribution >= 0.6 is 11.9 Å². The van der Waals surface area contributed by atoms with Crippen molar-refractivity contribution in [2.24, 2.45) is 10.7 Å². The van der Waals surface area contributed by atoms with E-state index in [2.05, 4.69) is 9.98 Å². The Labute approximate surface area is 207 Å². The Morgan fingerprint density at radius 2 is 2.08 bits per heavy atom. The molecule has 3 aliphatic heterocycles. The van der Waals surface area contributed by atoms with Gasteiger partial charge in [0.25, 0.3) is 11.8 Å². The quantitative estimate of drug-likeness (QED) is 0.451. The Balaban J connectivity index is 1.27. The van der Waals surface area contributed by atoms with Gasteiger partial charge in [0.05, 0.1) is 36.6 Å². The number of ether oxygens (including phenoxy) is 1. The molecule has 1 aromatic carbocycles. The molecule has 0 radical (unpaired) electrons. The zero-order valence-electron chi connectivity index (χ0n) is 18.8. The lowest BCUT2D eigenvalue weighted by atomic mass is 10.0. The number of fused-ring (bicyclic) bond motifs is 3. The number of pyridine rings is 1. The summed E-state index contributed by atoms with van der Waals surface area (Å²) in [6, 6.07) is 5.70. The molecule has 36 heavy (non-hydrogen) atoms. The fraction of sp³-hybridized carbons (Fsp3) is 0.435. The molecule has 0 saturated carbocycles. The number of hydrogen-bond acceptors (Lipinski definition) is 7. The third kappa shape index (κ3) is 4.99. The number of aromatic nitrogens is 1. The fourth-order valence-electron chi connectivity index (χ4n) is 4.53. The molecule has 2 N–H and O–H groups in total. The molecule has 0 unspecified atom stereocenters. The van der Waals surface area contributed by atoms with Crippen LogP contribution in [0.5, 0.6) is 0 Å². The lowest BCUT2D eigenvalue weighted by Gasteiger charge is -2.32. The second-order valence-corrected chi connectivity index (χ2v) is 10.1. The highest BCUT2D eigenvalue weighted by Gasteiger charge is 2.48. The Kier molecular flexibility index (Phi) is 6.31. The predicted octanol–water partition coefficient (Wildman–Crippen LogP) is 4.87. The molecule has 2 saturated heterocycles. The molecule has 3 aliphatic rings. The molecule has 0 bridgehead atoms. The van der Waals surface area contributed by atoms with Gasteiger partial charge in [0.15, 0.2) is 5.96 Å². The van der Waals surface area contributed by atoms with Crippen LogP contribution in [0.2, 0.25) is 0 Å². The number of carbonyl (C=O) groups is 1. The number of rotatable bonds is 4. The topological polar surface area (TPSA) is 84.0 Å². The van der Waals surface area contributed by atoms with E-state index >= 15 is 0 Å². The van der Waals surface area contributed by atoms with Gasteiger partial charge in [-0.15, -0.1) is 0 Å². The lowest BCUT2D eigenvalue weighted by Crippen LogP contribution is -2.40. The number of carbonyl (C=O) groups excluding carboxylic acids is 1. The maximum absolute atomic E-state index is 14.1. The first-order valence-corrected chi connectivity index (χ1v) is 12.1. The first-order chi connectivity index (χ1) is 17.0. The molecular weight excluding hydrogens is 505 g/mol. The number of aliphatic imine (C=N–C) groups is 1. The smallest absolute Gasteiger partial charge is 0.369 e. The average Bonchev–Trinajstić information content (AvgIpc) is 3.18. The van der Waals surface area contributed by atoms with Crippen molar-refractivity contribution >= 4 is 29.5 Å². The van der Waals surface area contributed by atoms with Gasteiger partial charge in [0.1, 0.15) is 11.1 Å². The number of nitrogens with two attached hydrogens (primary N) is 1. The van der Waals surface area contributed by atoms with Crippen molar-refractivity contribution in [3.63, 3.8) is 0 Å². The van der Waals surface area contributed by atoms with E-state index in [0.717, 1.165) is 24.1 Å². The van der Waals surface area contributed by atoms with Crippen molar-refractivity contribution in [1.29, 1.82) is 0 Å². The van der Waals surface area contributed by atoms with Gasteiger partial charge in [-0.05, 0) is 48.6 Å². The van der Waals surface area contributed by atoms with Gasteiger partial charge in [-0.2, -0.15) is 13.2 Å². The van der Waals surface area contributed by atoms with Crippen LogP contribution in [0.3, 0.4) is 0 Å². The molecule has 1 amide bonds. The summed E-state index contributed by atoms with van der Waals surface area (Å²) < 4.78 is 74.3. The van der Waals surface area contributed by atoms with E-state index < -0.39 is 48.0 Å². The molecule has 13 heteroatoms. The highest BCUT2D eigenvalue weighted by Crippen LogP contribution is 2.46. The number of nitrogens with zero attached hydrogens (tertiary/aromatic N) is 4. The van der Waals surface area contributed by atoms with Gasteiger partial charge in [-0.25, -0.2) is 18.8 Å². The van der Waals surface area contributed by atoms with Gasteiger partial charge in [-0.1, -0.05) is 12.1 Å². The van der Waals surface area contributed by atoms with E-state index in [4.69, 9.17) is 10.5 Å². The van der Waals surface area contributed by atoms with Crippen molar-refractivity contribution < 1.29 is 31.5 Å². The van der Waals surface area contributed by atoms with Gasteiger partial charge in [0, 0.05) is 18.5 Å². The van der Waals surface area contributed by atoms with Crippen molar-refractivity contribution in [3.05, 3.63) is 58.9 Å². The van der Waals surface area contributed by atoms with Crippen LogP contribution in [-0.4, -0.2) is 50.5 Å². The summed E-state index contributed by atoms with van der Waals surface area (Å²) in [6.07, 6.45) is -2.27. The summed E-state index contributed by atoms with van der Waals surface area (Å²) in [4.78, 5) is 22.9. The van der Waals surface area contributed by atoms with Crippen LogP contribution in [-0.2, 0) is 17.5 Å². The Morgan fingerprint density at radius 3 is 2.86 bits per heavy atom. The van der Waals surface area contributed by atoms with E-state index in [1.165, 1.54) is 27.5 Å². The maximum atomic E-state index is 14.1. The second-order valence-electron chi connectivity index (χ2n) is 8.90. The number of hydrogen-bond donors (Lipinski definition) is 1. The monoisotopic (exact) mass is 527 g/mol. The third-order valence-electron chi connectivity index (χ3n) is 6.25. The molecule has 2 fully saturated rings. The SMILES string of the molecule is NC1=Nc2cnc(C(=O)N3CCC[C@H](OCc4cccc(C(F)(F)F)c4)S3)cc2[C@H]2CC(F)(F)CN12. The first-order valence-electron chi connectivity index (χ1n) is 11.3. The van der Waals surface area contributed by atoms with Crippen molar-refractivity contribution in [3.8, 4) is 0 Å². The summed E-state index contributed by atoms with van der Waals surface area (Å²) in [6.45, 7) is -0.152. The molecule has 1 aromatic heterocycles. The minimum atomic E-state index is -4.44. The van der Waals surface area contributed by atoms with Crippen LogP contribution in [0.1, 0.15) is 52.5 Å². The highest BCUT2D eigenvalue weighted by atomic mass is 32.2. The summed E-state index contributed by atoms with van der Waals surface area (Å²) in [7, 11) is 0. The standard InChI is InChI=1S/C23H22F5N5O2S/c24-22(25)9-18-15-8-16(30-10-17(15)31-21(29)32(18)12-22)20(34)33-6-2-5-19(36-33)35-11-13-3-1-4-14(7-13)23(26,27)28/h1,3-4,7-8,10,18-19H,2,5-6,9,11-12H2,(H2,29,31)/t18-,19-/m1/s1. The van der Waals surface area contributed by atoms with Gasteiger partial charge in [-0.3, -0.25) is 9.10 Å². The van der Waals surface area contributed by atoms with Crippen molar-refractivity contribution in [2.75, 3.05) is 13.1 Å². The molecule has 4 heterocycles. The van der Waals surface area contributed by atoms with Crippen LogP contribution in [0, 0.1) is 0 Å². The first kappa shape index (κ1) is 24.8. The summed E-state index contributed by atoms with van der Waals surface area (Å²) in [5, 5.41) is 0. The van der Waals surface area contributed by atoms with Gasteiger partial charge >= 0.3 is 6.18 Å². The Hall–Kier alpha value is -2.93. The van der Waals surface area contributed by atoms with E-state index in [-0.39, 0.29) is 18.3 Å². The second kappa shape index (κ2) is 9.18. The van der Waals surface area contributed by atoms with E-state index in [9.17, 15) is 26.7 Å². The molecule has 7 nitrogen and oxygen atoms in total. The van der Waals surface area contributed by atoms with Gasteiger partial charge < -0.3 is 15.4 Å². The number of amides is 1. The minimum Gasteiger partial charge on any atom is -0.369 e. The highest BCUT2D eigenvalue weighted by molar-refractivity contribution is 7.98. The molecular formula is C23H22F5N5O2S. The molecule has 5 rings (SSSR count). The third-order valence-corrected chi connectivity index (χ3v) is 7.46. The van der Waals surface area contributed by atoms with Crippen molar-refractivity contribution in [1.82, 2.24) is 14.2 Å². The fourth-order valence-corrected chi connectivity index (χ4v) is 5.64. The number of halogens is 5. The van der Waals surface area contributed by atoms with Crippen molar-refractivity contribution in [2.45, 2.75) is 49.4 Å². The Bertz CT molecular complexity index is 1210. The summed E-state index contributed by atoms with van der Waals surface area (Å²) >= 11 is 1.14. The minimum absolute atomic E-state index is 0.00195. The normalized spacial score (nSPS) is 23.2. The largest absolute Gasteiger partial charge is 0.416 e. The zero-order chi connectivity index (χ0) is 25.7. The zero-order valence-corrected chi connectivity index (χ0v) is 19.7. The van der Waals surface area contributed by atoms with Crippen LogP contribution in [0.15, 0.2) is 41.5 Å². The number of benzene rings is 1. The predicted molar refractivity (Wildman–Crippen MR) is 122 cm³/mol. The van der Waals surface area contributed by atoms with E-state index in [0.29, 0.717) is 36.2 Å². The number of guanidine groups is 1. The van der Waals surface area contributed by atoms with E-state index in [1.807, 2.05) is 0 Å². The van der Waals surface area contributed by atoms with Gasteiger partial charge in [0.2, 0.25) is 0 Å². The molecule has 2 aromatic rings. The lowest BCUT2D eigenvalue weighted by molar-refractivity contribution is -0.137.